The maximum absolute atomic E-state index is 13.1. The number of aryl methyl sites for hydroxylation is 1. The van der Waals surface area contributed by atoms with Crippen LogP contribution in [0.2, 0.25) is 0 Å². The van der Waals surface area contributed by atoms with Gasteiger partial charge < -0.3 is 4.74 Å². The Labute approximate surface area is 189 Å². The van der Waals surface area contributed by atoms with E-state index in [1.54, 1.807) is 0 Å². The average molecular weight is 423 g/mol. The fourth-order valence-corrected chi connectivity index (χ4v) is 6.81. The van der Waals surface area contributed by atoms with Gasteiger partial charge in [0.25, 0.3) is 0 Å². The van der Waals surface area contributed by atoms with Crippen LogP contribution in [0.5, 0.6) is 5.75 Å². The summed E-state index contributed by atoms with van der Waals surface area (Å²) in [5.74, 6) is 4.96. The van der Waals surface area contributed by atoms with Gasteiger partial charge in [0.1, 0.15) is 5.75 Å². The number of rotatable bonds is 6. The summed E-state index contributed by atoms with van der Waals surface area (Å²) in [7, 11) is 0. The van der Waals surface area contributed by atoms with Crippen molar-refractivity contribution < 1.29 is 9.53 Å². The highest BCUT2D eigenvalue weighted by Gasteiger charge is 2.43. The molecule has 170 valence electrons. The topological polar surface area (TPSA) is 26.3 Å². The van der Waals surface area contributed by atoms with Crippen molar-refractivity contribution in [2.75, 3.05) is 0 Å². The molecule has 0 radical (unpaired) electrons. The largest absolute Gasteiger partial charge is 0.426 e. The van der Waals surface area contributed by atoms with E-state index in [1.807, 2.05) is 12.1 Å². The molecule has 3 saturated carbocycles. The van der Waals surface area contributed by atoms with Gasteiger partial charge in [-0.05, 0) is 106 Å². The Kier molecular flexibility index (Phi) is 7.91. The first kappa shape index (κ1) is 22.6. The Balaban J connectivity index is 1.31. The van der Waals surface area contributed by atoms with Crippen LogP contribution in [0.3, 0.4) is 0 Å². The summed E-state index contributed by atoms with van der Waals surface area (Å²) in [4.78, 5) is 13.1. The molecule has 0 aromatic heterocycles. The molecule has 0 N–H and O–H groups in total. The molecule has 31 heavy (non-hydrogen) atoms. The number of carbonyl (C=O) groups excluding carboxylic acids is 1. The molecule has 0 spiro atoms. The Hall–Kier alpha value is -1.57. The number of ether oxygens (including phenoxy) is 1. The highest BCUT2D eigenvalue weighted by Crippen LogP contribution is 2.50. The van der Waals surface area contributed by atoms with E-state index in [0.29, 0.717) is 11.7 Å². The molecule has 4 rings (SSSR count). The molecule has 3 aliphatic carbocycles. The van der Waals surface area contributed by atoms with Gasteiger partial charge in [-0.25, -0.2) is 0 Å². The lowest BCUT2D eigenvalue weighted by Gasteiger charge is -2.45. The number of esters is 1. The van der Waals surface area contributed by atoms with Crippen LogP contribution in [0.1, 0.15) is 90.0 Å². The fourth-order valence-electron chi connectivity index (χ4n) is 6.81. The first-order chi connectivity index (χ1) is 15.1. The quantitative estimate of drug-likeness (QED) is 0.266. The molecular formula is C29H42O2. The lowest BCUT2D eigenvalue weighted by atomic mass is 9.59. The minimum atomic E-state index is 0.0290. The van der Waals surface area contributed by atoms with Crippen LogP contribution in [0.15, 0.2) is 36.4 Å². The van der Waals surface area contributed by atoms with Gasteiger partial charge in [0.15, 0.2) is 0 Å². The van der Waals surface area contributed by atoms with E-state index in [-0.39, 0.29) is 11.9 Å². The summed E-state index contributed by atoms with van der Waals surface area (Å²) in [6.07, 6.45) is 19.6. The summed E-state index contributed by atoms with van der Waals surface area (Å²) in [6.45, 7) is 4.48. The van der Waals surface area contributed by atoms with Crippen LogP contribution in [0.4, 0.5) is 0 Å². The summed E-state index contributed by atoms with van der Waals surface area (Å²) in [5, 5.41) is 0. The first-order valence-electron chi connectivity index (χ1n) is 13.1. The zero-order valence-electron chi connectivity index (χ0n) is 19.7. The van der Waals surface area contributed by atoms with Crippen LogP contribution in [-0.4, -0.2) is 5.97 Å². The number of benzene rings is 1. The molecule has 2 nitrogen and oxygen atoms in total. The summed E-state index contributed by atoms with van der Waals surface area (Å²) in [6, 6.07) is 8.16. The van der Waals surface area contributed by atoms with Crippen molar-refractivity contribution in [1.82, 2.24) is 0 Å². The molecule has 1 aromatic carbocycles. The first-order valence-corrected chi connectivity index (χ1v) is 13.1. The molecule has 0 aliphatic heterocycles. The number of allylic oxidation sites excluding steroid dienone is 2. The predicted octanol–water partition coefficient (Wildman–Crippen LogP) is 7.76. The van der Waals surface area contributed by atoms with Crippen molar-refractivity contribution in [3.8, 4) is 5.75 Å². The van der Waals surface area contributed by atoms with Gasteiger partial charge in [0, 0.05) is 0 Å². The van der Waals surface area contributed by atoms with Crippen LogP contribution in [-0.2, 0) is 11.2 Å². The standard InChI is InChI=1S/C29H42O2/c1-3-4-5-7-22-12-17-26(18-13-22)31-29(30)28-9-6-8-25-20-24(16-19-27(25)28)23-14-10-21(2)11-15-23/h3-4,12-13,17-18,21,23-25,27-28H,5-11,14-16,19-20H2,1-2H3/b4-3+. The molecule has 1 aromatic rings. The lowest BCUT2D eigenvalue weighted by Crippen LogP contribution is -2.40. The number of hydrogen-bond acceptors (Lipinski definition) is 2. The molecular weight excluding hydrogens is 380 g/mol. The fraction of sp³-hybridized carbons (Fsp3) is 0.690. The highest BCUT2D eigenvalue weighted by atomic mass is 16.5. The summed E-state index contributed by atoms with van der Waals surface area (Å²) in [5.41, 5.74) is 1.30. The van der Waals surface area contributed by atoms with Crippen molar-refractivity contribution in [3.05, 3.63) is 42.0 Å². The number of fused-ring (bicyclic) bond motifs is 1. The zero-order chi connectivity index (χ0) is 21.6. The van der Waals surface area contributed by atoms with E-state index in [2.05, 4.69) is 38.1 Å². The molecule has 0 heterocycles. The third kappa shape index (κ3) is 5.82. The van der Waals surface area contributed by atoms with E-state index < -0.39 is 0 Å². The normalized spacial score (nSPS) is 33.7. The van der Waals surface area contributed by atoms with Gasteiger partial charge in [0.2, 0.25) is 0 Å². The summed E-state index contributed by atoms with van der Waals surface area (Å²) < 4.78 is 5.89. The second-order valence-electron chi connectivity index (χ2n) is 10.7. The molecule has 0 saturated heterocycles. The molecule has 4 atom stereocenters. The monoisotopic (exact) mass is 422 g/mol. The third-order valence-corrected chi connectivity index (χ3v) is 8.70. The van der Waals surface area contributed by atoms with Gasteiger partial charge >= 0.3 is 5.97 Å². The molecule has 0 amide bonds. The number of carbonyl (C=O) groups is 1. The average Bonchev–Trinajstić information content (AvgIpc) is 2.80. The van der Waals surface area contributed by atoms with Crippen LogP contribution in [0, 0.1) is 35.5 Å². The van der Waals surface area contributed by atoms with Crippen molar-refractivity contribution in [2.24, 2.45) is 35.5 Å². The Bertz CT molecular complexity index is 726. The van der Waals surface area contributed by atoms with Gasteiger partial charge in [-0.2, -0.15) is 0 Å². The SMILES string of the molecule is C/C=C/CCc1ccc(OC(=O)C2CCCC3CC(C4CCC(C)CC4)CCC32)cc1. The summed E-state index contributed by atoms with van der Waals surface area (Å²) >= 11 is 0. The van der Waals surface area contributed by atoms with Crippen molar-refractivity contribution >= 4 is 5.97 Å². The van der Waals surface area contributed by atoms with E-state index in [4.69, 9.17) is 4.74 Å². The van der Waals surface area contributed by atoms with Crippen molar-refractivity contribution in [1.29, 1.82) is 0 Å². The van der Waals surface area contributed by atoms with E-state index in [1.165, 1.54) is 63.4 Å². The highest BCUT2D eigenvalue weighted by molar-refractivity contribution is 5.75. The molecule has 0 bridgehead atoms. The van der Waals surface area contributed by atoms with E-state index in [0.717, 1.165) is 42.9 Å². The molecule has 3 aliphatic rings. The van der Waals surface area contributed by atoms with Crippen LogP contribution >= 0.6 is 0 Å². The predicted molar refractivity (Wildman–Crippen MR) is 128 cm³/mol. The van der Waals surface area contributed by atoms with Gasteiger partial charge in [-0.15, -0.1) is 0 Å². The van der Waals surface area contributed by atoms with Gasteiger partial charge in [0.05, 0.1) is 5.92 Å². The Morgan fingerprint density at radius 1 is 0.935 bits per heavy atom. The molecule has 3 fully saturated rings. The molecule has 2 heteroatoms. The second-order valence-corrected chi connectivity index (χ2v) is 10.7. The minimum absolute atomic E-state index is 0.0290. The van der Waals surface area contributed by atoms with Gasteiger partial charge in [-0.1, -0.05) is 56.9 Å². The Morgan fingerprint density at radius 3 is 2.42 bits per heavy atom. The van der Waals surface area contributed by atoms with Crippen LogP contribution in [0.25, 0.3) is 0 Å². The lowest BCUT2D eigenvalue weighted by molar-refractivity contribution is -0.144. The number of hydrogen-bond donors (Lipinski definition) is 0. The van der Waals surface area contributed by atoms with Crippen molar-refractivity contribution in [3.63, 3.8) is 0 Å². The van der Waals surface area contributed by atoms with Crippen LogP contribution < -0.4 is 4.74 Å². The van der Waals surface area contributed by atoms with E-state index >= 15 is 0 Å². The molecule has 4 unspecified atom stereocenters. The maximum atomic E-state index is 13.1. The Morgan fingerprint density at radius 2 is 1.68 bits per heavy atom. The second kappa shape index (κ2) is 10.8. The van der Waals surface area contributed by atoms with E-state index in [9.17, 15) is 4.79 Å². The zero-order valence-corrected chi connectivity index (χ0v) is 19.7. The third-order valence-electron chi connectivity index (χ3n) is 8.70. The van der Waals surface area contributed by atoms with Crippen molar-refractivity contribution in [2.45, 2.75) is 90.9 Å². The smallest absolute Gasteiger partial charge is 0.314 e. The minimum Gasteiger partial charge on any atom is -0.426 e. The van der Waals surface area contributed by atoms with Gasteiger partial charge in [-0.3, -0.25) is 4.79 Å². The maximum Gasteiger partial charge on any atom is 0.314 e.